The van der Waals surface area contributed by atoms with Crippen LogP contribution < -0.4 is 10.1 Å². The van der Waals surface area contributed by atoms with E-state index in [1.807, 2.05) is 6.07 Å². The summed E-state index contributed by atoms with van der Waals surface area (Å²) in [6.07, 6.45) is 0.801. The van der Waals surface area contributed by atoms with E-state index < -0.39 is 6.09 Å². The lowest BCUT2D eigenvalue weighted by Gasteiger charge is -2.30. The summed E-state index contributed by atoms with van der Waals surface area (Å²) in [4.78, 5) is 12.3. The van der Waals surface area contributed by atoms with E-state index in [-0.39, 0.29) is 5.75 Å². The molecule has 0 aliphatic carbocycles. The Morgan fingerprint density at radius 2 is 2.15 bits per heavy atom. The van der Waals surface area contributed by atoms with E-state index in [1.165, 1.54) is 12.0 Å². The summed E-state index contributed by atoms with van der Waals surface area (Å²) < 4.78 is 5.07. The number of rotatable bonds is 4. The lowest BCUT2D eigenvalue weighted by Crippen LogP contribution is -2.44. The van der Waals surface area contributed by atoms with Crippen LogP contribution in [0.5, 0.6) is 11.5 Å². The highest BCUT2D eigenvalue weighted by molar-refractivity contribution is 5.65. The first kappa shape index (κ1) is 14.5. The van der Waals surface area contributed by atoms with E-state index in [0.717, 1.165) is 18.4 Å². The molecule has 1 aromatic rings. The lowest BCUT2D eigenvalue weighted by molar-refractivity contribution is 0.129. The molecule has 1 amide bonds. The number of nitrogens with zero attached hydrogens (tertiary/aromatic N) is 1. The highest BCUT2D eigenvalue weighted by Gasteiger charge is 2.21. The maximum Gasteiger partial charge on any atom is 0.407 e. The van der Waals surface area contributed by atoms with Crippen molar-refractivity contribution in [3.63, 3.8) is 0 Å². The molecule has 0 bridgehead atoms. The molecule has 0 radical (unpaired) electrons. The number of likely N-dealkylation sites (tertiary alicyclic amines) is 1. The second-order valence-corrected chi connectivity index (χ2v) is 4.93. The molecule has 6 heteroatoms. The van der Waals surface area contributed by atoms with Gasteiger partial charge < -0.3 is 25.2 Å². The van der Waals surface area contributed by atoms with Crippen LogP contribution in [-0.4, -0.2) is 47.4 Å². The summed E-state index contributed by atoms with van der Waals surface area (Å²) in [5.41, 5.74) is 1.03. The van der Waals surface area contributed by atoms with E-state index in [4.69, 9.17) is 9.84 Å². The normalized spacial score (nSPS) is 16.1. The van der Waals surface area contributed by atoms with Crippen molar-refractivity contribution in [2.45, 2.75) is 25.4 Å². The second-order valence-electron chi connectivity index (χ2n) is 4.93. The number of nitrogens with one attached hydrogen (secondary N) is 1. The number of phenols is 1. The van der Waals surface area contributed by atoms with Crippen molar-refractivity contribution in [2.24, 2.45) is 0 Å². The van der Waals surface area contributed by atoms with Crippen molar-refractivity contribution >= 4 is 6.09 Å². The quantitative estimate of drug-likeness (QED) is 0.781. The van der Waals surface area contributed by atoms with E-state index in [2.05, 4.69) is 5.32 Å². The summed E-state index contributed by atoms with van der Waals surface area (Å²) in [6.45, 7) is 1.83. The largest absolute Gasteiger partial charge is 0.504 e. The molecule has 0 unspecified atom stereocenters. The van der Waals surface area contributed by atoms with Gasteiger partial charge in [0.25, 0.3) is 0 Å². The molecule has 1 saturated heterocycles. The number of benzene rings is 1. The molecule has 3 N–H and O–H groups in total. The number of ether oxygens (including phenoxy) is 1. The molecule has 110 valence electrons. The van der Waals surface area contributed by atoms with Gasteiger partial charge in [0.2, 0.25) is 0 Å². The summed E-state index contributed by atoms with van der Waals surface area (Å²) in [5, 5.41) is 21.8. The summed E-state index contributed by atoms with van der Waals surface area (Å²) >= 11 is 0. The van der Waals surface area contributed by atoms with Gasteiger partial charge in [-0.2, -0.15) is 0 Å². The molecule has 0 atom stereocenters. The molecule has 1 aliphatic rings. The van der Waals surface area contributed by atoms with Gasteiger partial charge in [0.15, 0.2) is 11.5 Å². The number of aromatic hydroxyl groups is 1. The monoisotopic (exact) mass is 280 g/mol. The van der Waals surface area contributed by atoms with Crippen molar-refractivity contribution in [1.29, 1.82) is 0 Å². The number of piperidine rings is 1. The highest BCUT2D eigenvalue weighted by Crippen LogP contribution is 2.26. The predicted molar refractivity (Wildman–Crippen MR) is 74.1 cm³/mol. The fraction of sp³-hybridized carbons (Fsp3) is 0.500. The van der Waals surface area contributed by atoms with E-state index in [9.17, 15) is 9.90 Å². The minimum atomic E-state index is -0.841. The minimum absolute atomic E-state index is 0.131. The molecule has 1 heterocycles. The zero-order chi connectivity index (χ0) is 14.5. The first-order valence-electron chi connectivity index (χ1n) is 6.67. The van der Waals surface area contributed by atoms with E-state index in [0.29, 0.717) is 31.4 Å². The highest BCUT2D eigenvalue weighted by atomic mass is 16.5. The van der Waals surface area contributed by atoms with Crippen LogP contribution >= 0.6 is 0 Å². The van der Waals surface area contributed by atoms with Crippen LogP contribution in [0.2, 0.25) is 0 Å². The average Bonchev–Trinajstić information content (AvgIpc) is 2.46. The van der Waals surface area contributed by atoms with E-state index in [1.54, 1.807) is 12.1 Å². The van der Waals surface area contributed by atoms with Crippen molar-refractivity contribution in [3.8, 4) is 11.5 Å². The molecular formula is C14H20N2O4. The molecule has 0 aromatic heterocycles. The fourth-order valence-electron chi connectivity index (χ4n) is 2.37. The number of carbonyl (C=O) groups is 1. The Hall–Kier alpha value is -1.95. The Balaban J connectivity index is 1.83. The van der Waals surface area contributed by atoms with Crippen LogP contribution in [0.1, 0.15) is 18.4 Å². The molecule has 1 aliphatic heterocycles. The smallest absolute Gasteiger partial charge is 0.407 e. The van der Waals surface area contributed by atoms with Crippen LogP contribution in [0.4, 0.5) is 4.79 Å². The van der Waals surface area contributed by atoms with Crippen molar-refractivity contribution < 1.29 is 19.7 Å². The maximum atomic E-state index is 10.8. The summed E-state index contributed by atoms with van der Waals surface area (Å²) in [6, 6.07) is 5.58. The molecular weight excluding hydrogens is 260 g/mol. The van der Waals surface area contributed by atoms with Crippen LogP contribution in [0.25, 0.3) is 0 Å². The zero-order valence-corrected chi connectivity index (χ0v) is 11.5. The van der Waals surface area contributed by atoms with Crippen LogP contribution in [0, 0.1) is 0 Å². The minimum Gasteiger partial charge on any atom is -0.504 e. The Morgan fingerprint density at radius 3 is 2.75 bits per heavy atom. The van der Waals surface area contributed by atoms with Crippen LogP contribution in [-0.2, 0) is 6.54 Å². The predicted octanol–water partition coefficient (Wildman–Crippen LogP) is 1.63. The van der Waals surface area contributed by atoms with Crippen molar-refractivity contribution in [1.82, 2.24) is 10.2 Å². The van der Waals surface area contributed by atoms with Gasteiger partial charge >= 0.3 is 6.09 Å². The third-order valence-corrected chi connectivity index (χ3v) is 3.60. The third kappa shape index (κ3) is 3.54. The number of hydrogen-bond acceptors (Lipinski definition) is 4. The SMILES string of the molecule is COc1cc(CNC2CCN(C(=O)O)CC2)ccc1O. The zero-order valence-electron chi connectivity index (χ0n) is 11.5. The van der Waals surface area contributed by atoms with Crippen molar-refractivity contribution in [2.75, 3.05) is 20.2 Å². The van der Waals surface area contributed by atoms with E-state index >= 15 is 0 Å². The Kier molecular flexibility index (Phi) is 4.68. The third-order valence-electron chi connectivity index (χ3n) is 3.60. The number of methoxy groups -OCH3 is 1. The number of phenolic OH excluding ortho intramolecular Hbond substituents is 1. The van der Waals surface area contributed by atoms with Gasteiger partial charge in [0.05, 0.1) is 7.11 Å². The Labute approximate surface area is 118 Å². The molecule has 0 spiro atoms. The van der Waals surface area contributed by atoms with Crippen LogP contribution in [0.15, 0.2) is 18.2 Å². The first-order valence-corrected chi connectivity index (χ1v) is 6.67. The van der Waals surface area contributed by atoms with Gasteiger partial charge in [-0.3, -0.25) is 0 Å². The Bertz CT molecular complexity index is 470. The molecule has 6 nitrogen and oxygen atoms in total. The molecule has 2 rings (SSSR count). The average molecular weight is 280 g/mol. The van der Waals surface area contributed by atoms with Gasteiger partial charge in [-0.25, -0.2) is 4.79 Å². The lowest BCUT2D eigenvalue weighted by atomic mass is 10.0. The van der Waals surface area contributed by atoms with Crippen molar-refractivity contribution in [3.05, 3.63) is 23.8 Å². The molecule has 1 fully saturated rings. The maximum absolute atomic E-state index is 10.8. The number of hydrogen-bond donors (Lipinski definition) is 3. The standard InChI is InChI=1S/C14H20N2O4/c1-20-13-8-10(2-3-12(13)17)9-15-11-4-6-16(7-5-11)14(18)19/h2-3,8,11,15,17H,4-7,9H2,1H3,(H,18,19). The van der Waals surface area contributed by atoms with Gasteiger partial charge in [0, 0.05) is 25.7 Å². The van der Waals surface area contributed by atoms with Crippen LogP contribution in [0.3, 0.4) is 0 Å². The summed E-state index contributed by atoms with van der Waals surface area (Å²) in [7, 11) is 1.52. The molecule has 1 aromatic carbocycles. The molecule has 0 saturated carbocycles. The first-order chi connectivity index (χ1) is 9.60. The van der Waals surface area contributed by atoms with Gasteiger partial charge in [-0.05, 0) is 30.5 Å². The van der Waals surface area contributed by atoms with Gasteiger partial charge in [-0.15, -0.1) is 0 Å². The molecule has 20 heavy (non-hydrogen) atoms. The Morgan fingerprint density at radius 1 is 1.45 bits per heavy atom. The second kappa shape index (κ2) is 6.47. The number of amides is 1. The van der Waals surface area contributed by atoms with Gasteiger partial charge in [-0.1, -0.05) is 6.07 Å². The summed E-state index contributed by atoms with van der Waals surface area (Å²) in [5.74, 6) is 0.594. The number of carboxylic acid groups (broad SMARTS) is 1. The van der Waals surface area contributed by atoms with Gasteiger partial charge in [0.1, 0.15) is 0 Å². The fourth-order valence-corrected chi connectivity index (χ4v) is 2.37. The topological polar surface area (TPSA) is 82.0 Å².